The van der Waals surface area contributed by atoms with Crippen LogP contribution in [0.25, 0.3) is 11.1 Å². The molecule has 0 aliphatic carbocycles. The maximum atomic E-state index is 11.2. The van der Waals surface area contributed by atoms with Crippen molar-refractivity contribution >= 4 is 0 Å². The van der Waals surface area contributed by atoms with Crippen molar-refractivity contribution in [2.45, 2.75) is 6.92 Å². The lowest BCUT2D eigenvalue weighted by atomic mass is 10.1. The zero-order valence-electron chi connectivity index (χ0n) is 8.73. The molecule has 0 aliphatic heterocycles. The average molecular weight is 211 g/mol. The summed E-state index contributed by atoms with van der Waals surface area (Å²) in [6, 6.07) is 12.3. The van der Waals surface area contributed by atoms with Crippen LogP contribution in [-0.4, -0.2) is 0 Å². The largest absolute Gasteiger partial charge is 0.428 e. The van der Waals surface area contributed by atoms with Crippen molar-refractivity contribution in [2.75, 3.05) is 0 Å². The topological polar surface area (TPSA) is 54.0 Å². The second kappa shape index (κ2) is 4.03. The van der Waals surface area contributed by atoms with Gasteiger partial charge in [-0.25, -0.2) is 4.79 Å². The van der Waals surface area contributed by atoms with Crippen molar-refractivity contribution in [1.29, 1.82) is 5.26 Å². The SMILES string of the molecule is Cc1cc(-c2ccc(C#N)cc2)cc(=O)o1. The lowest BCUT2D eigenvalue weighted by Gasteiger charge is -2.01. The summed E-state index contributed by atoms with van der Waals surface area (Å²) in [7, 11) is 0. The van der Waals surface area contributed by atoms with E-state index in [1.54, 1.807) is 25.1 Å². The van der Waals surface area contributed by atoms with Crippen LogP contribution in [0.2, 0.25) is 0 Å². The van der Waals surface area contributed by atoms with Crippen LogP contribution in [0.3, 0.4) is 0 Å². The van der Waals surface area contributed by atoms with E-state index in [4.69, 9.17) is 9.68 Å². The van der Waals surface area contributed by atoms with Gasteiger partial charge < -0.3 is 4.42 Å². The van der Waals surface area contributed by atoms with Gasteiger partial charge in [0, 0.05) is 6.07 Å². The Morgan fingerprint density at radius 2 is 1.81 bits per heavy atom. The molecule has 1 aromatic heterocycles. The highest BCUT2D eigenvalue weighted by atomic mass is 16.4. The Morgan fingerprint density at radius 1 is 1.12 bits per heavy atom. The fraction of sp³-hybridized carbons (Fsp3) is 0.0769. The van der Waals surface area contributed by atoms with Gasteiger partial charge in [-0.1, -0.05) is 12.1 Å². The lowest BCUT2D eigenvalue weighted by Crippen LogP contribution is -1.98. The highest BCUT2D eigenvalue weighted by Crippen LogP contribution is 2.18. The second-order valence-electron chi connectivity index (χ2n) is 3.46. The number of hydrogen-bond acceptors (Lipinski definition) is 3. The van der Waals surface area contributed by atoms with E-state index in [1.165, 1.54) is 6.07 Å². The first-order valence-corrected chi connectivity index (χ1v) is 4.81. The molecule has 0 radical (unpaired) electrons. The third-order valence-corrected chi connectivity index (χ3v) is 2.24. The number of nitrogens with zero attached hydrogens (tertiary/aromatic N) is 1. The summed E-state index contributed by atoms with van der Waals surface area (Å²) in [5, 5.41) is 8.67. The van der Waals surface area contributed by atoms with Crippen molar-refractivity contribution in [3.8, 4) is 17.2 Å². The molecule has 0 unspecified atom stereocenters. The molecular formula is C13H9NO2. The molecule has 0 atom stereocenters. The Morgan fingerprint density at radius 3 is 2.38 bits per heavy atom. The maximum Gasteiger partial charge on any atom is 0.336 e. The number of benzene rings is 1. The minimum absolute atomic E-state index is 0.362. The molecule has 16 heavy (non-hydrogen) atoms. The van der Waals surface area contributed by atoms with Gasteiger partial charge in [0.2, 0.25) is 0 Å². The summed E-state index contributed by atoms with van der Waals surface area (Å²) in [6.45, 7) is 1.73. The standard InChI is InChI=1S/C13H9NO2/c1-9-6-12(7-13(15)16-9)11-4-2-10(8-14)3-5-11/h2-7H,1H3. The van der Waals surface area contributed by atoms with Crippen LogP contribution < -0.4 is 5.63 Å². The van der Waals surface area contributed by atoms with Crippen molar-refractivity contribution in [1.82, 2.24) is 0 Å². The smallest absolute Gasteiger partial charge is 0.336 e. The van der Waals surface area contributed by atoms with E-state index in [1.807, 2.05) is 18.2 Å². The molecule has 2 rings (SSSR count). The molecule has 0 fully saturated rings. The molecule has 2 aromatic rings. The van der Waals surface area contributed by atoms with Crippen LogP contribution in [0.1, 0.15) is 11.3 Å². The van der Waals surface area contributed by atoms with Gasteiger partial charge in [-0.05, 0) is 36.2 Å². The van der Waals surface area contributed by atoms with Gasteiger partial charge in [-0.2, -0.15) is 5.26 Å². The fourth-order valence-electron chi connectivity index (χ4n) is 1.51. The Balaban J connectivity index is 2.51. The predicted octanol–water partition coefficient (Wildman–Crippen LogP) is 2.49. The first kappa shape index (κ1) is 10.2. The minimum atomic E-state index is -0.362. The average Bonchev–Trinajstić information content (AvgIpc) is 2.28. The highest BCUT2D eigenvalue weighted by molar-refractivity contribution is 5.63. The molecular weight excluding hydrogens is 202 g/mol. The Bertz CT molecular complexity index is 603. The molecule has 0 aliphatic rings. The van der Waals surface area contributed by atoms with Crippen LogP contribution in [0.15, 0.2) is 45.6 Å². The van der Waals surface area contributed by atoms with E-state index in [2.05, 4.69) is 0 Å². The van der Waals surface area contributed by atoms with E-state index in [9.17, 15) is 4.79 Å². The van der Waals surface area contributed by atoms with Crippen molar-refractivity contribution in [3.63, 3.8) is 0 Å². The highest BCUT2D eigenvalue weighted by Gasteiger charge is 2.01. The van der Waals surface area contributed by atoms with Crippen molar-refractivity contribution in [2.24, 2.45) is 0 Å². The van der Waals surface area contributed by atoms with E-state index in [-0.39, 0.29) is 5.63 Å². The van der Waals surface area contributed by atoms with Gasteiger partial charge in [-0.3, -0.25) is 0 Å². The van der Waals surface area contributed by atoms with Crippen LogP contribution in [0, 0.1) is 18.3 Å². The van der Waals surface area contributed by atoms with Crippen LogP contribution in [0.4, 0.5) is 0 Å². The molecule has 0 amide bonds. The molecule has 1 heterocycles. The first-order valence-electron chi connectivity index (χ1n) is 4.81. The van der Waals surface area contributed by atoms with E-state index < -0.39 is 0 Å². The molecule has 0 N–H and O–H groups in total. The van der Waals surface area contributed by atoms with E-state index in [0.717, 1.165) is 11.1 Å². The molecule has 0 bridgehead atoms. The maximum absolute atomic E-state index is 11.2. The van der Waals surface area contributed by atoms with Gasteiger partial charge in [0.25, 0.3) is 0 Å². The van der Waals surface area contributed by atoms with Gasteiger partial charge in [0.05, 0.1) is 11.6 Å². The number of aryl methyl sites for hydroxylation is 1. The van der Waals surface area contributed by atoms with Crippen LogP contribution >= 0.6 is 0 Å². The summed E-state index contributed by atoms with van der Waals surface area (Å²) in [5.74, 6) is 0.576. The molecule has 78 valence electrons. The predicted molar refractivity (Wildman–Crippen MR) is 59.9 cm³/mol. The summed E-state index contributed by atoms with van der Waals surface area (Å²) in [4.78, 5) is 11.2. The summed E-state index contributed by atoms with van der Waals surface area (Å²) >= 11 is 0. The fourth-order valence-corrected chi connectivity index (χ4v) is 1.51. The third-order valence-electron chi connectivity index (χ3n) is 2.24. The van der Waals surface area contributed by atoms with Gasteiger partial charge >= 0.3 is 5.63 Å². The Kier molecular flexibility index (Phi) is 2.57. The quantitative estimate of drug-likeness (QED) is 0.728. The second-order valence-corrected chi connectivity index (χ2v) is 3.46. The lowest BCUT2D eigenvalue weighted by molar-refractivity contribution is 0.481. The third kappa shape index (κ3) is 2.01. The van der Waals surface area contributed by atoms with Gasteiger partial charge in [0.15, 0.2) is 0 Å². The number of nitriles is 1. The van der Waals surface area contributed by atoms with E-state index in [0.29, 0.717) is 11.3 Å². The van der Waals surface area contributed by atoms with Crippen LogP contribution in [-0.2, 0) is 0 Å². The minimum Gasteiger partial charge on any atom is -0.428 e. The Labute approximate surface area is 92.6 Å². The van der Waals surface area contributed by atoms with E-state index >= 15 is 0 Å². The molecule has 0 saturated carbocycles. The summed E-state index contributed by atoms with van der Waals surface area (Å²) in [5.41, 5.74) is 1.94. The molecule has 3 heteroatoms. The first-order chi connectivity index (χ1) is 7.69. The normalized spacial score (nSPS) is 9.75. The number of rotatable bonds is 1. The van der Waals surface area contributed by atoms with Crippen molar-refractivity contribution in [3.05, 3.63) is 58.1 Å². The zero-order chi connectivity index (χ0) is 11.5. The Hall–Kier alpha value is -2.34. The van der Waals surface area contributed by atoms with Gasteiger partial charge in [0.1, 0.15) is 5.76 Å². The summed E-state index contributed by atoms with van der Waals surface area (Å²) in [6.07, 6.45) is 0. The summed E-state index contributed by atoms with van der Waals surface area (Å²) < 4.78 is 4.88. The zero-order valence-corrected chi connectivity index (χ0v) is 8.73. The van der Waals surface area contributed by atoms with Crippen LogP contribution in [0.5, 0.6) is 0 Å². The molecule has 0 spiro atoms. The van der Waals surface area contributed by atoms with Crippen molar-refractivity contribution < 1.29 is 4.42 Å². The molecule has 0 saturated heterocycles. The van der Waals surface area contributed by atoms with Gasteiger partial charge in [-0.15, -0.1) is 0 Å². The molecule has 3 nitrogen and oxygen atoms in total. The number of hydrogen-bond donors (Lipinski definition) is 0. The molecule has 1 aromatic carbocycles. The monoisotopic (exact) mass is 211 g/mol.